The smallest absolute Gasteiger partial charge is 0.141 e. The number of hydrogen-bond acceptors (Lipinski definition) is 3. The van der Waals surface area contributed by atoms with Gasteiger partial charge in [0.2, 0.25) is 0 Å². The molecule has 84 valence electrons. The van der Waals surface area contributed by atoms with Crippen LogP contribution in [0.4, 0.5) is 4.39 Å². The predicted octanol–water partition coefficient (Wildman–Crippen LogP) is 3.14. The minimum atomic E-state index is -0.434. The van der Waals surface area contributed by atoms with Gasteiger partial charge in [-0.2, -0.15) is 0 Å². The lowest BCUT2D eigenvalue weighted by atomic mass is 10.2. The van der Waals surface area contributed by atoms with Crippen LogP contribution in [0.15, 0.2) is 23.6 Å². The van der Waals surface area contributed by atoms with E-state index in [1.165, 1.54) is 17.4 Å². The van der Waals surface area contributed by atoms with Crippen LogP contribution in [0.1, 0.15) is 5.01 Å². The zero-order chi connectivity index (χ0) is 11.5. The molecule has 5 heteroatoms. The van der Waals surface area contributed by atoms with Crippen molar-refractivity contribution >= 4 is 22.9 Å². The van der Waals surface area contributed by atoms with Crippen molar-refractivity contribution in [1.82, 2.24) is 4.98 Å². The second-order valence-corrected chi connectivity index (χ2v) is 4.58. The van der Waals surface area contributed by atoms with Gasteiger partial charge in [0.25, 0.3) is 0 Å². The van der Waals surface area contributed by atoms with Gasteiger partial charge >= 0.3 is 0 Å². The molecule has 0 atom stereocenters. The van der Waals surface area contributed by atoms with Gasteiger partial charge in [0.15, 0.2) is 0 Å². The first-order valence-electron chi connectivity index (χ1n) is 4.71. The lowest BCUT2D eigenvalue weighted by molar-refractivity contribution is 0.299. The molecule has 1 heterocycles. The summed E-state index contributed by atoms with van der Waals surface area (Å²) in [7, 11) is 0. The number of benzene rings is 1. The van der Waals surface area contributed by atoms with E-state index in [0.717, 1.165) is 16.3 Å². The summed E-state index contributed by atoms with van der Waals surface area (Å²) in [5.41, 5.74) is 1.54. The average molecular weight is 258 g/mol. The highest BCUT2D eigenvalue weighted by atomic mass is 35.5. The molecule has 1 aromatic carbocycles. The Morgan fingerprint density at radius 3 is 2.94 bits per heavy atom. The van der Waals surface area contributed by atoms with Crippen molar-refractivity contribution in [3.05, 3.63) is 39.4 Å². The number of halogens is 2. The van der Waals surface area contributed by atoms with Gasteiger partial charge in [0, 0.05) is 24.0 Å². The molecule has 2 nitrogen and oxygen atoms in total. The molecular weight excluding hydrogens is 249 g/mol. The third kappa shape index (κ3) is 2.40. The molecule has 0 amide bonds. The quantitative estimate of drug-likeness (QED) is 0.916. The molecule has 16 heavy (non-hydrogen) atoms. The largest absolute Gasteiger partial charge is 0.396 e. The van der Waals surface area contributed by atoms with Crippen LogP contribution in [0.5, 0.6) is 0 Å². The Morgan fingerprint density at radius 2 is 2.25 bits per heavy atom. The summed E-state index contributed by atoms with van der Waals surface area (Å²) in [5, 5.41) is 11.6. The molecule has 1 aromatic heterocycles. The zero-order valence-corrected chi connectivity index (χ0v) is 9.85. The number of aromatic nitrogens is 1. The first-order chi connectivity index (χ1) is 7.70. The summed E-state index contributed by atoms with van der Waals surface area (Å²) in [5.74, 6) is -0.434. The highest BCUT2D eigenvalue weighted by molar-refractivity contribution is 7.09. The molecule has 0 unspecified atom stereocenters. The van der Waals surface area contributed by atoms with Gasteiger partial charge in [-0.25, -0.2) is 9.37 Å². The van der Waals surface area contributed by atoms with E-state index >= 15 is 0 Å². The fraction of sp³-hybridized carbons (Fsp3) is 0.182. The fourth-order valence-electron chi connectivity index (χ4n) is 1.31. The van der Waals surface area contributed by atoms with Gasteiger partial charge in [-0.15, -0.1) is 11.3 Å². The molecule has 1 N–H and O–H groups in total. The first kappa shape index (κ1) is 11.5. The van der Waals surface area contributed by atoms with E-state index in [1.54, 1.807) is 12.1 Å². The van der Waals surface area contributed by atoms with Crippen molar-refractivity contribution in [2.45, 2.75) is 6.42 Å². The van der Waals surface area contributed by atoms with Crippen molar-refractivity contribution in [3.63, 3.8) is 0 Å². The average Bonchev–Trinajstić information content (AvgIpc) is 2.71. The van der Waals surface area contributed by atoms with E-state index in [2.05, 4.69) is 4.98 Å². The van der Waals surface area contributed by atoms with E-state index in [0.29, 0.717) is 6.42 Å². The fourth-order valence-corrected chi connectivity index (χ4v) is 2.29. The van der Waals surface area contributed by atoms with Crippen molar-refractivity contribution in [3.8, 4) is 11.3 Å². The minimum absolute atomic E-state index is 0.0805. The molecule has 2 aromatic rings. The van der Waals surface area contributed by atoms with E-state index in [1.807, 2.05) is 5.38 Å². The summed E-state index contributed by atoms with van der Waals surface area (Å²) in [6.45, 7) is 0.0805. The van der Waals surface area contributed by atoms with Crippen molar-refractivity contribution in [2.75, 3.05) is 6.61 Å². The van der Waals surface area contributed by atoms with Gasteiger partial charge in [-0.3, -0.25) is 0 Å². The highest BCUT2D eigenvalue weighted by Gasteiger charge is 2.06. The Morgan fingerprint density at radius 1 is 1.44 bits per heavy atom. The molecule has 0 saturated heterocycles. The number of thiazole rings is 1. The van der Waals surface area contributed by atoms with Crippen molar-refractivity contribution in [1.29, 1.82) is 0 Å². The van der Waals surface area contributed by atoms with Crippen LogP contribution in [0, 0.1) is 5.82 Å². The summed E-state index contributed by atoms with van der Waals surface area (Å²) in [4.78, 5) is 4.32. The molecule has 0 saturated carbocycles. The first-order valence-corrected chi connectivity index (χ1v) is 5.97. The third-order valence-electron chi connectivity index (χ3n) is 2.09. The standard InChI is InChI=1S/C11H9ClFNOS/c12-8-5-7(1-2-9(8)13)10-6-16-11(14-10)3-4-15/h1-2,5-6,15H,3-4H2. The lowest BCUT2D eigenvalue weighted by Gasteiger charge is -1.98. The van der Waals surface area contributed by atoms with E-state index in [-0.39, 0.29) is 11.6 Å². The monoisotopic (exact) mass is 257 g/mol. The molecular formula is C11H9ClFNOS. The van der Waals surface area contributed by atoms with Crippen LogP contribution in [0.2, 0.25) is 5.02 Å². The molecule has 0 bridgehead atoms. The molecule has 0 aliphatic heterocycles. The van der Waals surface area contributed by atoms with E-state index < -0.39 is 5.82 Å². The summed E-state index contributed by atoms with van der Waals surface area (Å²) in [6.07, 6.45) is 0.541. The van der Waals surface area contributed by atoms with E-state index in [9.17, 15) is 4.39 Å². The predicted molar refractivity (Wildman–Crippen MR) is 63.3 cm³/mol. The second kappa shape index (κ2) is 4.91. The topological polar surface area (TPSA) is 33.1 Å². The van der Waals surface area contributed by atoms with Gasteiger partial charge in [0.1, 0.15) is 5.82 Å². The number of aliphatic hydroxyl groups excluding tert-OH is 1. The molecule has 0 fully saturated rings. The van der Waals surface area contributed by atoms with E-state index in [4.69, 9.17) is 16.7 Å². The van der Waals surface area contributed by atoms with Crippen LogP contribution in [-0.2, 0) is 6.42 Å². The molecule has 0 radical (unpaired) electrons. The second-order valence-electron chi connectivity index (χ2n) is 3.23. The van der Waals surface area contributed by atoms with Gasteiger partial charge in [0.05, 0.1) is 15.7 Å². The zero-order valence-electron chi connectivity index (χ0n) is 8.28. The Balaban J connectivity index is 2.31. The third-order valence-corrected chi connectivity index (χ3v) is 3.29. The Hall–Kier alpha value is -0.970. The molecule has 2 rings (SSSR count). The van der Waals surface area contributed by atoms with Gasteiger partial charge < -0.3 is 5.11 Å². The van der Waals surface area contributed by atoms with Gasteiger partial charge in [-0.1, -0.05) is 11.6 Å². The molecule has 0 aliphatic rings. The van der Waals surface area contributed by atoms with Crippen LogP contribution < -0.4 is 0 Å². The Labute approximate surface area is 101 Å². The number of aliphatic hydroxyl groups is 1. The molecule has 0 aliphatic carbocycles. The Bertz CT molecular complexity index is 500. The number of hydrogen-bond donors (Lipinski definition) is 1. The van der Waals surface area contributed by atoms with Crippen LogP contribution in [0.3, 0.4) is 0 Å². The molecule has 0 spiro atoms. The summed E-state index contributed by atoms with van der Waals surface area (Å²) in [6, 6.07) is 4.51. The number of rotatable bonds is 3. The highest BCUT2D eigenvalue weighted by Crippen LogP contribution is 2.26. The maximum Gasteiger partial charge on any atom is 0.141 e. The van der Waals surface area contributed by atoms with Crippen LogP contribution in [-0.4, -0.2) is 16.7 Å². The lowest BCUT2D eigenvalue weighted by Crippen LogP contribution is -1.89. The maximum atomic E-state index is 13.0. The van der Waals surface area contributed by atoms with Crippen molar-refractivity contribution in [2.24, 2.45) is 0 Å². The summed E-state index contributed by atoms with van der Waals surface area (Å²) >= 11 is 7.16. The normalized spacial score (nSPS) is 10.7. The summed E-state index contributed by atoms with van der Waals surface area (Å²) < 4.78 is 13.0. The number of nitrogens with zero attached hydrogens (tertiary/aromatic N) is 1. The minimum Gasteiger partial charge on any atom is -0.396 e. The Kier molecular flexibility index (Phi) is 3.53. The SMILES string of the molecule is OCCc1nc(-c2ccc(F)c(Cl)c2)cs1. The van der Waals surface area contributed by atoms with Gasteiger partial charge in [-0.05, 0) is 18.2 Å². The van der Waals surface area contributed by atoms with Crippen LogP contribution in [0.25, 0.3) is 11.3 Å². The van der Waals surface area contributed by atoms with Crippen LogP contribution >= 0.6 is 22.9 Å². The van der Waals surface area contributed by atoms with Crippen molar-refractivity contribution < 1.29 is 9.50 Å². The maximum absolute atomic E-state index is 13.0.